The molecule has 0 saturated carbocycles. The SMILES string of the molecule is [2H]C([2H])([2H])NC([2H])([2H])CN(C)C. The Labute approximate surface area is 52.5 Å². The third-order valence-corrected chi connectivity index (χ3v) is 0.484. The predicted octanol–water partition coefficient (Wildman–Crippen LogP) is -0.233. The van der Waals surface area contributed by atoms with E-state index in [1.54, 1.807) is 19.0 Å². The highest BCUT2D eigenvalue weighted by Crippen LogP contribution is 1.66. The molecular weight excluding hydrogens is 88.1 g/mol. The normalized spacial score (nSPS) is 24.7. The lowest BCUT2D eigenvalue weighted by Gasteiger charge is -2.06. The molecule has 0 aromatic carbocycles. The van der Waals surface area contributed by atoms with Gasteiger partial charge >= 0.3 is 0 Å². The quantitative estimate of drug-likeness (QED) is 0.536. The lowest BCUT2D eigenvalue weighted by Crippen LogP contribution is -2.23. The Hall–Kier alpha value is -0.0800. The van der Waals surface area contributed by atoms with Crippen molar-refractivity contribution in [2.75, 3.05) is 34.1 Å². The molecule has 0 aromatic rings. The van der Waals surface area contributed by atoms with Crippen molar-refractivity contribution in [1.82, 2.24) is 10.2 Å². The third-order valence-electron chi connectivity index (χ3n) is 0.484. The van der Waals surface area contributed by atoms with Crippen LogP contribution in [0.5, 0.6) is 0 Å². The smallest absolute Gasteiger partial charge is 0.0441 e. The average Bonchev–Trinajstić information content (AvgIpc) is 1.48. The fourth-order valence-corrected chi connectivity index (χ4v) is 0.198. The molecule has 0 fully saturated rings. The zero-order valence-corrected chi connectivity index (χ0v) is 4.65. The summed E-state index contributed by atoms with van der Waals surface area (Å²) >= 11 is 0. The van der Waals surface area contributed by atoms with Crippen molar-refractivity contribution in [3.8, 4) is 0 Å². The number of hydrogen-bond donors (Lipinski definition) is 1. The first-order valence-corrected chi connectivity index (χ1v) is 2.06. The molecule has 0 spiro atoms. The molecule has 44 valence electrons. The van der Waals surface area contributed by atoms with Crippen LogP contribution >= 0.6 is 0 Å². The van der Waals surface area contributed by atoms with Gasteiger partial charge < -0.3 is 10.2 Å². The summed E-state index contributed by atoms with van der Waals surface area (Å²) in [6, 6.07) is 0. The number of nitrogens with one attached hydrogen (secondary N) is 1. The fourth-order valence-electron chi connectivity index (χ4n) is 0.198. The van der Waals surface area contributed by atoms with Gasteiger partial charge in [-0.05, 0) is 21.1 Å². The topological polar surface area (TPSA) is 15.3 Å². The van der Waals surface area contributed by atoms with E-state index >= 15 is 0 Å². The Bertz CT molecular complexity index is 141. The molecule has 1 N–H and O–H groups in total. The lowest BCUT2D eigenvalue weighted by atomic mass is 10.6. The molecule has 0 aromatic heterocycles. The van der Waals surface area contributed by atoms with Crippen molar-refractivity contribution in [2.45, 2.75) is 0 Å². The van der Waals surface area contributed by atoms with Crippen LogP contribution in [0.15, 0.2) is 0 Å². The van der Waals surface area contributed by atoms with Crippen LogP contribution in [0.4, 0.5) is 0 Å². The van der Waals surface area contributed by atoms with Crippen LogP contribution in [-0.2, 0) is 0 Å². The van der Waals surface area contributed by atoms with Crippen molar-refractivity contribution in [3.63, 3.8) is 0 Å². The van der Waals surface area contributed by atoms with E-state index in [1.807, 2.05) is 5.32 Å². The minimum atomic E-state index is -2.43. The van der Waals surface area contributed by atoms with E-state index in [4.69, 9.17) is 6.85 Å². The van der Waals surface area contributed by atoms with Crippen LogP contribution in [0.3, 0.4) is 0 Å². The first-order chi connectivity index (χ1) is 5.12. The van der Waals surface area contributed by atoms with Gasteiger partial charge in [-0.25, -0.2) is 0 Å². The van der Waals surface area contributed by atoms with E-state index in [1.165, 1.54) is 0 Å². The van der Waals surface area contributed by atoms with Gasteiger partial charge in [0.25, 0.3) is 0 Å². The van der Waals surface area contributed by atoms with Crippen molar-refractivity contribution in [3.05, 3.63) is 0 Å². The molecule has 0 amide bonds. The Morgan fingerprint density at radius 2 is 2.57 bits per heavy atom. The van der Waals surface area contributed by atoms with Crippen molar-refractivity contribution >= 4 is 0 Å². The molecule has 0 bridgehead atoms. The van der Waals surface area contributed by atoms with Crippen LogP contribution in [0.2, 0.25) is 0 Å². The average molecular weight is 107 g/mol. The molecule has 0 atom stereocenters. The van der Waals surface area contributed by atoms with Gasteiger partial charge in [-0.2, -0.15) is 0 Å². The van der Waals surface area contributed by atoms with Gasteiger partial charge in [0, 0.05) is 19.9 Å². The summed E-state index contributed by atoms with van der Waals surface area (Å²) in [5.74, 6) is 0. The number of rotatable bonds is 3. The monoisotopic (exact) mass is 107 g/mol. The molecule has 2 nitrogen and oxygen atoms in total. The number of likely N-dealkylation sites (N-methyl/N-ethyl adjacent to an activating group) is 2. The molecule has 7 heavy (non-hydrogen) atoms. The van der Waals surface area contributed by atoms with Crippen LogP contribution in [0, 0.1) is 0 Å². The van der Waals surface area contributed by atoms with E-state index in [0.717, 1.165) is 0 Å². The summed E-state index contributed by atoms with van der Waals surface area (Å²) in [6.07, 6.45) is 0. The van der Waals surface area contributed by atoms with Gasteiger partial charge in [0.2, 0.25) is 0 Å². The van der Waals surface area contributed by atoms with E-state index in [-0.39, 0.29) is 6.54 Å². The highest BCUT2D eigenvalue weighted by atomic mass is 15.1. The minimum Gasteiger partial charge on any atom is -0.318 e. The molecule has 0 saturated heterocycles. The van der Waals surface area contributed by atoms with Gasteiger partial charge in [0.05, 0.1) is 0 Å². The Morgan fingerprint density at radius 3 is 3.00 bits per heavy atom. The molecule has 0 heterocycles. The molecule has 0 radical (unpaired) electrons. The number of nitrogens with zero attached hydrogens (tertiary/aromatic N) is 1. The fraction of sp³-hybridized carbons (Fsp3) is 1.00. The van der Waals surface area contributed by atoms with Crippen LogP contribution in [0.25, 0.3) is 0 Å². The Morgan fingerprint density at radius 1 is 1.86 bits per heavy atom. The largest absolute Gasteiger partial charge is 0.318 e. The summed E-state index contributed by atoms with van der Waals surface area (Å²) in [4.78, 5) is 1.58. The molecule has 0 unspecified atom stereocenters. The zero-order valence-electron chi connectivity index (χ0n) is 9.65. The lowest BCUT2D eigenvalue weighted by molar-refractivity contribution is 0.407. The van der Waals surface area contributed by atoms with Crippen LogP contribution in [0.1, 0.15) is 6.85 Å². The van der Waals surface area contributed by atoms with Gasteiger partial charge in [0.15, 0.2) is 0 Å². The third kappa shape index (κ3) is 5.92. The standard InChI is InChI=1S/C5H14N2/c1-6-4-5-7(2)3/h6H,4-5H2,1-3H3/i1D3,4D2. The van der Waals surface area contributed by atoms with Crippen molar-refractivity contribution in [1.29, 1.82) is 0 Å². The Kier molecular flexibility index (Phi) is 1.19. The Balaban J connectivity index is 4.04. The molecule has 0 aliphatic rings. The summed E-state index contributed by atoms with van der Waals surface area (Å²) in [6.45, 7) is -4.28. The van der Waals surface area contributed by atoms with E-state index in [0.29, 0.717) is 0 Å². The summed E-state index contributed by atoms with van der Waals surface area (Å²) < 4.78 is 34.9. The maximum absolute atomic E-state index is 7.27. The predicted molar refractivity (Wildman–Crippen MR) is 32.5 cm³/mol. The first-order valence-electron chi connectivity index (χ1n) is 4.56. The first kappa shape index (κ1) is 2.03. The summed E-state index contributed by atoms with van der Waals surface area (Å²) in [7, 11) is 3.36. The molecule has 0 aliphatic carbocycles. The van der Waals surface area contributed by atoms with E-state index in [2.05, 4.69) is 0 Å². The van der Waals surface area contributed by atoms with Gasteiger partial charge in [0.1, 0.15) is 0 Å². The van der Waals surface area contributed by atoms with E-state index in [9.17, 15) is 0 Å². The van der Waals surface area contributed by atoms with Crippen LogP contribution in [-0.4, -0.2) is 39.0 Å². The maximum Gasteiger partial charge on any atom is 0.0441 e. The zero-order chi connectivity index (χ0) is 9.99. The number of hydrogen-bond acceptors (Lipinski definition) is 2. The second-order valence-corrected chi connectivity index (χ2v) is 1.54. The molecule has 0 aliphatic heterocycles. The van der Waals surface area contributed by atoms with E-state index < -0.39 is 13.5 Å². The van der Waals surface area contributed by atoms with Gasteiger partial charge in [-0.3, -0.25) is 0 Å². The second kappa shape index (κ2) is 4.09. The molecule has 0 rings (SSSR count). The highest BCUT2D eigenvalue weighted by Gasteiger charge is 1.82. The van der Waals surface area contributed by atoms with Gasteiger partial charge in [-0.15, -0.1) is 0 Å². The minimum absolute atomic E-state index is 0.0331. The maximum atomic E-state index is 7.27. The van der Waals surface area contributed by atoms with Crippen molar-refractivity contribution in [2.24, 2.45) is 0 Å². The highest BCUT2D eigenvalue weighted by molar-refractivity contribution is 4.42. The molecule has 2 heteroatoms. The molecular formula is C5H14N2. The van der Waals surface area contributed by atoms with Crippen LogP contribution < -0.4 is 5.32 Å². The summed E-state index contributed by atoms with van der Waals surface area (Å²) in [5, 5.41) is 1.92. The van der Waals surface area contributed by atoms with Crippen molar-refractivity contribution < 1.29 is 6.85 Å². The summed E-state index contributed by atoms with van der Waals surface area (Å²) in [5.41, 5.74) is 0. The second-order valence-electron chi connectivity index (χ2n) is 1.54. The van der Waals surface area contributed by atoms with Gasteiger partial charge in [-0.1, -0.05) is 0 Å².